The first-order chi connectivity index (χ1) is 20.3. The van der Waals surface area contributed by atoms with Crippen molar-refractivity contribution in [1.29, 1.82) is 0 Å². The van der Waals surface area contributed by atoms with Crippen LogP contribution in [0.4, 0.5) is 0 Å². The molecule has 0 radical (unpaired) electrons. The maximum Gasteiger partial charge on any atom is 0.372 e. The molecule has 1 aromatic heterocycles. The predicted octanol–water partition coefficient (Wildman–Crippen LogP) is 8.07. The van der Waals surface area contributed by atoms with Crippen LogP contribution >= 0.6 is 0 Å². The molecule has 1 heterocycles. The van der Waals surface area contributed by atoms with E-state index in [0.29, 0.717) is 11.1 Å². The Morgan fingerprint density at radius 3 is 1.00 bits per heavy atom. The zero-order valence-electron chi connectivity index (χ0n) is 24.3. The highest BCUT2D eigenvalue weighted by Gasteiger charge is 2.31. The van der Waals surface area contributed by atoms with Gasteiger partial charge in [-0.1, -0.05) is 100 Å². The number of phenols is 2. The smallest absolute Gasteiger partial charge is 0.372 e. The van der Waals surface area contributed by atoms with E-state index in [-0.39, 0.29) is 22.6 Å². The van der Waals surface area contributed by atoms with E-state index in [1.165, 1.54) is 0 Å². The lowest BCUT2D eigenvalue weighted by Crippen LogP contribution is -2.18. The molecule has 0 aliphatic rings. The standard InChI is InChI=1S/C36H32O7/c1-35(2,25-13-17-27(37)18-14-25)23-9-5-21(6-10-23)29-30(32(34(41)42)43-31(29)33(39)40)22-7-11-24(12-8-22)36(3,4)26-15-19-28(38)20-16-26/h5-20,37-38H,1-4H3,(H,39,40)(H,41,42). The number of hydrogen-bond acceptors (Lipinski definition) is 5. The largest absolute Gasteiger partial charge is 0.508 e. The highest BCUT2D eigenvalue weighted by atomic mass is 16.4. The van der Waals surface area contributed by atoms with Crippen molar-refractivity contribution in [2.45, 2.75) is 38.5 Å². The molecule has 7 heteroatoms. The van der Waals surface area contributed by atoms with Gasteiger partial charge < -0.3 is 24.8 Å². The van der Waals surface area contributed by atoms with Crippen LogP contribution in [0, 0.1) is 0 Å². The molecule has 218 valence electrons. The maximum atomic E-state index is 12.3. The fraction of sp³-hybridized carbons (Fsp3) is 0.167. The van der Waals surface area contributed by atoms with Gasteiger partial charge in [-0.15, -0.1) is 0 Å². The van der Waals surface area contributed by atoms with E-state index in [4.69, 9.17) is 4.42 Å². The third-order valence-electron chi connectivity index (χ3n) is 8.27. The topological polar surface area (TPSA) is 128 Å². The molecule has 43 heavy (non-hydrogen) atoms. The lowest BCUT2D eigenvalue weighted by atomic mass is 9.77. The lowest BCUT2D eigenvalue weighted by molar-refractivity contribution is 0.0633. The van der Waals surface area contributed by atoms with Gasteiger partial charge in [0.1, 0.15) is 11.5 Å². The van der Waals surface area contributed by atoms with E-state index in [0.717, 1.165) is 22.3 Å². The summed E-state index contributed by atoms with van der Waals surface area (Å²) in [7, 11) is 0. The van der Waals surface area contributed by atoms with Crippen LogP contribution in [-0.2, 0) is 10.8 Å². The van der Waals surface area contributed by atoms with Gasteiger partial charge in [0.2, 0.25) is 11.5 Å². The number of carboxylic acid groups (broad SMARTS) is 2. The van der Waals surface area contributed by atoms with E-state index >= 15 is 0 Å². The van der Waals surface area contributed by atoms with Gasteiger partial charge in [-0.25, -0.2) is 9.59 Å². The molecule has 0 saturated carbocycles. The first-order valence-corrected chi connectivity index (χ1v) is 13.7. The molecule has 0 atom stereocenters. The van der Waals surface area contributed by atoms with Crippen LogP contribution in [-0.4, -0.2) is 32.4 Å². The second kappa shape index (κ2) is 10.8. The molecule has 4 aromatic carbocycles. The number of benzene rings is 4. The van der Waals surface area contributed by atoms with Gasteiger partial charge in [0.05, 0.1) is 0 Å². The summed E-state index contributed by atoms with van der Waals surface area (Å²) in [5.41, 5.74) is 4.39. The van der Waals surface area contributed by atoms with Crippen LogP contribution in [0.1, 0.15) is 71.1 Å². The summed E-state index contributed by atoms with van der Waals surface area (Å²) in [4.78, 5) is 24.6. The molecule has 5 rings (SSSR count). The van der Waals surface area contributed by atoms with E-state index < -0.39 is 34.3 Å². The molecule has 0 aliphatic carbocycles. The normalized spacial score (nSPS) is 11.8. The second-order valence-corrected chi connectivity index (χ2v) is 11.6. The molecule has 0 unspecified atom stereocenters. The van der Waals surface area contributed by atoms with Gasteiger partial charge in [0.25, 0.3) is 0 Å². The minimum atomic E-state index is -1.37. The van der Waals surface area contributed by atoms with Crippen molar-refractivity contribution >= 4 is 11.9 Å². The molecule has 0 fully saturated rings. The molecule has 0 saturated heterocycles. The Hall–Kier alpha value is -5.30. The van der Waals surface area contributed by atoms with E-state index in [9.17, 15) is 30.0 Å². The average Bonchev–Trinajstić information content (AvgIpc) is 3.39. The molecule has 7 nitrogen and oxygen atoms in total. The van der Waals surface area contributed by atoms with Crippen molar-refractivity contribution in [3.05, 3.63) is 131 Å². The molecular formula is C36H32O7. The van der Waals surface area contributed by atoms with Crippen LogP contribution in [0.15, 0.2) is 101 Å². The van der Waals surface area contributed by atoms with Crippen LogP contribution in [0.3, 0.4) is 0 Å². The van der Waals surface area contributed by atoms with Crippen molar-refractivity contribution in [3.8, 4) is 33.8 Å². The number of phenolic OH excluding ortho intramolecular Hbond substituents is 2. The third kappa shape index (κ3) is 5.37. The summed E-state index contributed by atoms with van der Waals surface area (Å²) in [6, 6.07) is 28.6. The van der Waals surface area contributed by atoms with Gasteiger partial charge in [-0.05, 0) is 57.6 Å². The molecule has 0 aliphatic heterocycles. The Balaban J connectivity index is 1.60. The van der Waals surface area contributed by atoms with Gasteiger partial charge in [-0.3, -0.25) is 0 Å². The molecule has 0 bridgehead atoms. The maximum absolute atomic E-state index is 12.3. The number of hydrogen-bond donors (Lipinski definition) is 4. The fourth-order valence-corrected chi connectivity index (χ4v) is 5.48. The van der Waals surface area contributed by atoms with Crippen LogP contribution in [0.5, 0.6) is 11.5 Å². The SMILES string of the molecule is CC(C)(c1ccc(O)cc1)c1ccc(-c2c(C(=O)O)oc(C(=O)O)c2-c2ccc(C(C)(C)c3ccc(O)cc3)cc2)cc1. The Bertz CT molecular complexity index is 1660. The monoisotopic (exact) mass is 576 g/mol. The fourth-order valence-electron chi connectivity index (χ4n) is 5.48. The van der Waals surface area contributed by atoms with E-state index in [2.05, 4.69) is 0 Å². The summed E-state index contributed by atoms with van der Waals surface area (Å²) in [6.07, 6.45) is 0. The quantitative estimate of drug-likeness (QED) is 0.147. The Morgan fingerprint density at radius 1 is 0.488 bits per heavy atom. The Kier molecular flexibility index (Phi) is 7.36. The molecule has 4 N–H and O–H groups in total. The highest BCUT2D eigenvalue weighted by molar-refractivity contribution is 6.06. The van der Waals surface area contributed by atoms with Crippen LogP contribution in [0.25, 0.3) is 22.3 Å². The zero-order chi connectivity index (χ0) is 31.1. The van der Waals surface area contributed by atoms with Crippen molar-refractivity contribution < 1.29 is 34.4 Å². The first-order valence-electron chi connectivity index (χ1n) is 13.7. The molecular weight excluding hydrogens is 544 g/mol. The Morgan fingerprint density at radius 2 is 0.744 bits per heavy atom. The number of carboxylic acids is 2. The minimum absolute atomic E-state index is 0.176. The van der Waals surface area contributed by atoms with Gasteiger partial charge in [-0.2, -0.15) is 0 Å². The number of carbonyl (C=O) groups is 2. The lowest BCUT2D eigenvalue weighted by Gasteiger charge is -2.26. The number of aromatic hydroxyl groups is 2. The van der Waals surface area contributed by atoms with Crippen molar-refractivity contribution in [3.63, 3.8) is 0 Å². The molecule has 0 spiro atoms. The second-order valence-electron chi connectivity index (χ2n) is 11.6. The number of rotatable bonds is 8. The highest BCUT2D eigenvalue weighted by Crippen LogP contribution is 2.42. The van der Waals surface area contributed by atoms with Crippen molar-refractivity contribution in [1.82, 2.24) is 0 Å². The van der Waals surface area contributed by atoms with Crippen molar-refractivity contribution in [2.75, 3.05) is 0 Å². The number of furan rings is 1. The third-order valence-corrected chi connectivity index (χ3v) is 8.27. The van der Waals surface area contributed by atoms with Gasteiger partial charge in [0, 0.05) is 22.0 Å². The Labute approximate surface area is 249 Å². The van der Waals surface area contributed by atoms with Gasteiger partial charge >= 0.3 is 11.9 Å². The van der Waals surface area contributed by atoms with Crippen LogP contribution in [0.2, 0.25) is 0 Å². The molecule has 0 amide bonds. The van der Waals surface area contributed by atoms with Gasteiger partial charge in [0.15, 0.2) is 0 Å². The summed E-state index contributed by atoms with van der Waals surface area (Å²) < 4.78 is 5.49. The molecule has 5 aromatic rings. The summed E-state index contributed by atoms with van der Waals surface area (Å²) in [5, 5.41) is 39.4. The summed E-state index contributed by atoms with van der Waals surface area (Å²) in [5.74, 6) is -3.30. The first kappa shape index (κ1) is 29.2. The van der Waals surface area contributed by atoms with Crippen molar-refractivity contribution in [2.24, 2.45) is 0 Å². The minimum Gasteiger partial charge on any atom is -0.508 e. The summed E-state index contributed by atoms with van der Waals surface area (Å²) in [6.45, 7) is 8.18. The van der Waals surface area contributed by atoms with Crippen LogP contribution < -0.4 is 0 Å². The predicted molar refractivity (Wildman–Crippen MR) is 164 cm³/mol. The van der Waals surface area contributed by atoms with E-state index in [1.807, 2.05) is 76.2 Å². The number of aromatic carboxylic acids is 2. The zero-order valence-corrected chi connectivity index (χ0v) is 24.3. The van der Waals surface area contributed by atoms with E-state index in [1.54, 1.807) is 48.5 Å². The average molecular weight is 577 g/mol. The summed E-state index contributed by atoms with van der Waals surface area (Å²) >= 11 is 0.